The average Bonchev–Trinajstić information content (AvgIpc) is 2.62. The van der Waals surface area contributed by atoms with Gasteiger partial charge in [0.2, 0.25) is 0 Å². The van der Waals surface area contributed by atoms with E-state index in [2.05, 4.69) is 35.5 Å². The lowest BCUT2D eigenvalue weighted by molar-refractivity contribution is -0.0247. The van der Waals surface area contributed by atoms with Crippen LogP contribution < -0.4 is 0 Å². The van der Waals surface area contributed by atoms with Crippen LogP contribution in [0.3, 0.4) is 0 Å². The predicted molar refractivity (Wildman–Crippen MR) is 66.7 cm³/mol. The van der Waals surface area contributed by atoms with E-state index in [1.54, 1.807) is 0 Å². The minimum atomic E-state index is 0.492. The maximum atomic E-state index is 5.58. The Hall–Kier alpha value is -0.900. The summed E-state index contributed by atoms with van der Waals surface area (Å²) in [5.74, 6) is 2.52. The molecule has 0 bridgehead atoms. The number of hydrogen-bond donors (Lipinski definition) is 0. The van der Waals surface area contributed by atoms with E-state index in [-0.39, 0.29) is 0 Å². The molecular weight excluding hydrogens is 214 g/mol. The van der Waals surface area contributed by atoms with E-state index in [4.69, 9.17) is 4.74 Å². The third-order valence-electron chi connectivity index (χ3n) is 3.32. The Labute approximate surface area is 103 Å². The second-order valence-corrected chi connectivity index (χ2v) is 5.41. The third-order valence-corrected chi connectivity index (χ3v) is 3.32. The quantitative estimate of drug-likeness (QED) is 0.762. The average molecular weight is 237 g/mol. The van der Waals surface area contributed by atoms with Crippen molar-refractivity contribution in [2.75, 3.05) is 6.61 Å². The summed E-state index contributed by atoms with van der Waals surface area (Å²) < 4.78 is 7.77. The summed E-state index contributed by atoms with van der Waals surface area (Å²) in [6.07, 6.45) is 5.76. The first-order valence-electron chi connectivity index (χ1n) is 6.67. The summed E-state index contributed by atoms with van der Waals surface area (Å²) in [5, 5.41) is 8.26. The van der Waals surface area contributed by atoms with Crippen molar-refractivity contribution in [3.8, 4) is 0 Å². The molecule has 0 amide bonds. The van der Waals surface area contributed by atoms with Crippen molar-refractivity contribution >= 4 is 0 Å². The number of hydrogen-bond acceptors (Lipinski definition) is 3. The minimum Gasteiger partial charge on any atom is -0.378 e. The molecule has 1 aromatic rings. The predicted octanol–water partition coefficient (Wildman–Crippen LogP) is 2.29. The SMILES string of the molecule is CCOC1CC(Cc2nncn2CC(C)C)C1. The fourth-order valence-electron chi connectivity index (χ4n) is 2.45. The lowest BCUT2D eigenvalue weighted by Gasteiger charge is -2.34. The standard InChI is InChI=1S/C13H23N3O/c1-4-17-12-5-11(6-12)7-13-15-14-9-16(13)8-10(2)3/h9-12H,4-8H2,1-3H3. The molecule has 0 aliphatic heterocycles. The zero-order chi connectivity index (χ0) is 12.3. The van der Waals surface area contributed by atoms with Crippen LogP contribution in [0.2, 0.25) is 0 Å². The van der Waals surface area contributed by atoms with Crippen LogP contribution in [0.25, 0.3) is 0 Å². The van der Waals surface area contributed by atoms with Gasteiger partial charge in [-0.3, -0.25) is 0 Å². The van der Waals surface area contributed by atoms with Crippen LogP contribution in [0.1, 0.15) is 39.4 Å². The maximum absolute atomic E-state index is 5.58. The Morgan fingerprint density at radius 1 is 1.47 bits per heavy atom. The van der Waals surface area contributed by atoms with Crippen LogP contribution in [-0.2, 0) is 17.7 Å². The zero-order valence-electron chi connectivity index (χ0n) is 11.1. The largest absolute Gasteiger partial charge is 0.378 e. The molecule has 0 saturated heterocycles. The molecule has 1 saturated carbocycles. The first-order valence-corrected chi connectivity index (χ1v) is 6.67. The molecule has 1 aliphatic rings. The van der Waals surface area contributed by atoms with E-state index < -0.39 is 0 Å². The van der Waals surface area contributed by atoms with Crippen molar-refractivity contribution in [2.24, 2.45) is 11.8 Å². The van der Waals surface area contributed by atoms with Gasteiger partial charge in [0, 0.05) is 19.6 Å². The van der Waals surface area contributed by atoms with Crippen LogP contribution >= 0.6 is 0 Å². The molecular formula is C13H23N3O. The fraction of sp³-hybridized carbons (Fsp3) is 0.846. The van der Waals surface area contributed by atoms with Crippen LogP contribution in [0.5, 0.6) is 0 Å². The highest BCUT2D eigenvalue weighted by Gasteiger charge is 2.30. The van der Waals surface area contributed by atoms with E-state index in [0.29, 0.717) is 12.0 Å². The summed E-state index contributed by atoms with van der Waals surface area (Å²) in [6.45, 7) is 8.36. The summed E-state index contributed by atoms with van der Waals surface area (Å²) in [7, 11) is 0. The van der Waals surface area contributed by atoms with Crippen LogP contribution in [0.15, 0.2) is 6.33 Å². The van der Waals surface area contributed by atoms with Crippen LogP contribution in [0, 0.1) is 11.8 Å². The van der Waals surface area contributed by atoms with Crippen LogP contribution in [-0.4, -0.2) is 27.5 Å². The molecule has 96 valence electrons. The third kappa shape index (κ3) is 3.28. The molecule has 4 heteroatoms. The molecule has 1 aliphatic carbocycles. The second kappa shape index (κ2) is 5.63. The normalized spacial score (nSPS) is 24.0. The van der Waals surface area contributed by atoms with E-state index in [1.807, 2.05) is 6.33 Å². The Balaban J connectivity index is 1.82. The van der Waals surface area contributed by atoms with Gasteiger partial charge in [-0.2, -0.15) is 0 Å². The molecule has 0 N–H and O–H groups in total. The van der Waals surface area contributed by atoms with Crippen molar-refractivity contribution in [1.82, 2.24) is 14.8 Å². The van der Waals surface area contributed by atoms with Crippen molar-refractivity contribution in [1.29, 1.82) is 0 Å². The maximum Gasteiger partial charge on any atom is 0.133 e. The topological polar surface area (TPSA) is 39.9 Å². The second-order valence-electron chi connectivity index (χ2n) is 5.41. The summed E-state index contributed by atoms with van der Waals surface area (Å²) in [4.78, 5) is 0. The van der Waals surface area contributed by atoms with E-state index >= 15 is 0 Å². The minimum absolute atomic E-state index is 0.492. The Morgan fingerprint density at radius 2 is 2.24 bits per heavy atom. The monoisotopic (exact) mass is 237 g/mol. The van der Waals surface area contributed by atoms with Gasteiger partial charge in [-0.05, 0) is 31.6 Å². The summed E-state index contributed by atoms with van der Waals surface area (Å²) >= 11 is 0. The molecule has 1 aromatic heterocycles. The number of rotatable bonds is 6. The molecule has 4 nitrogen and oxygen atoms in total. The highest BCUT2D eigenvalue weighted by atomic mass is 16.5. The highest BCUT2D eigenvalue weighted by molar-refractivity contribution is 4.93. The van der Waals surface area contributed by atoms with Gasteiger partial charge in [-0.15, -0.1) is 10.2 Å². The van der Waals surface area contributed by atoms with Gasteiger partial charge in [-0.25, -0.2) is 0 Å². The molecule has 0 atom stereocenters. The highest BCUT2D eigenvalue weighted by Crippen LogP contribution is 2.32. The van der Waals surface area contributed by atoms with Gasteiger partial charge in [0.25, 0.3) is 0 Å². The molecule has 2 rings (SSSR count). The van der Waals surface area contributed by atoms with Gasteiger partial charge in [-0.1, -0.05) is 13.8 Å². The number of aromatic nitrogens is 3. The lowest BCUT2D eigenvalue weighted by atomic mass is 9.80. The van der Waals surface area contributed by atoms with Crippen molar-refractivity contribution in [2.45, 2.75) is 52.7 Å². The molecule has 0 unspecified atom stereocenters. The van der Waals surface area contributed by atoms with Crippen LogP contribution in [0.4, 0.5) is 0 Å². The molecule has 17 heavy (non-hydrogen) atoms. The number of nitrogens with zero attached hydrogens (tertiary/aromatic N) is 3. The van der Waals surface area contributed by atoms with Crippen molar-refractivity contribution < 1.29 is 4.74 Å². The van der Waals surface area contributed by atoms with E-state index in [9.17, 15) is 0 Å². The van der Waals surface area contributed by atoms with Gasteiger partial charge in [0.1, 0.15) is 12.2 Å². The lowest BCUT2D eigenvalue weighted by Crippen LogP contribution is -2.33. The number of ether oxygens (including phenoxy) is 1. The smallest absolute Gasteiger partial charge is 0.133 e. The Bertz CT molecular complexity index is 342. The van der Waals surface area contributed by atoms with Crippen molar-refractivity contribution in [3.05, 3.63) is 12.2 Å². The fourth-order valence-corrected chi connectivity index (χ4v) is 2.45. The molecule has 1 fully saturated rings. The summed E-state index contributed by atoms with van der Waals surface area (Å²) in [6, 6.07) is 0. The van der Waals surface area contributed by atoms with Gasteiger partial charge >= 0.3 is 0 Å². The summed E-state index contributed by atoms with van der Waals surface area (Å²) in [5.41, 5.74) is 0. The Kier molecular flexibility index (Phi) is 4.15. The Morgan fingerprint density at radius 3 is 2.88 bits per heavy atom. The van der Waals surface area contributed by atoms with Gasteiger partial charge in [0.15, 0.2) is 0 Å². The van der Waals surface area contributed by atoms with E-state index in [1.165, 1.54) is 12.8 Å². The van der Waals surface area contributed by atoms with Gasteiger partial charge in [0.05, 0.1) is 6.10 Å². The molecule has 0 spiro atoms. The molecule has 1 heterocycles. The first-order chi connectivity index (χ1) is 8.19. The first kappa shape index (κ1) is 12.6. The molecule has 0 radical (unpaired) electrons. The van der Waals surface area contributed by atoms with Gasteiger partial charge < -0.3 is 9.30 Å². The zero-order valence-corrected chi connectivity index (χ0v) is 11.1. The van der Waals surface area contributed by atoms with E-state index in [0.717, 1.165) is 31.3 Å². The van der Waals surface area contributed by atoms with Crippen molar-refractivity contribution in [3.63, 3.8) is 0 Å². The molecule has 0 aromatic carbocycles.